The summed E-state index contributed by atoms with van der Waals surface area (Å²) < 4.78 is 7.95. The van der Waals surface area contributed by atoms with Crippen LogP contribution in [0.15, 0.2) is 12.4 Å². The standard InChI is InChI=1S/C23H24ClN7O/c1-5-7-30-10-15(11-30)20-17(9-25)18(24)8-16(21(20)32-6-2)14(4)31-23-19(13(3)29-31)22(26)27-12-28-23/h8,12,14-15H,6,10-11H2,1-4H3,(H2,26,27,28). The minimum Gasteiger partial charge on any atom is -0.493 e. The van der Waals surface area contributed by atoms with Crippen LogP contribution >= 0.6 is 11.6 Å². The molecule has 0 bridgehead atoms. The first-order chi connectivity index (χ1) is 15.4. The second-order valence-corrected chi connectivity index (χ2v) is 8.14. The summed E-state index contributed by atoms with van der Waals surface area (Å²) in [5.41, 5.74) is 9.58. The first kappa shape index (κ1) is 21.7. The van der Waals surface area contributed by atoms with Crippen molar-refractivity contribution in [2.45, 2.75) is 39.7 Å². The van der Waals surface area contributed by atoms with Gasteiger partial charge in [0.15, 0.2) is 5.65 Å². The molecule has 0 aliphatic carbocycles. The number of hydrogen-bond donors (Lipinski definition) is 1. The van der Waals surface area contributed by atoms with Crippen molar-refractivity contribution in [1.82, 2.24) is 24.6 Å². The number of hydrogen-bond acceptors (Lipinski definition) is 7. The number of fused-ring (bicyclic) bond motifs is 1. The van der Waals surface area contributed by atoms with Crippen molar-refractivity contribution in [3.8, 4) is 23.8 Å². The van der Waals surface area contributed by atoms with Crippen LogP contribution in [-0.2, 0) is 0 Å². The fraction of sp³-hybridized carbons (Fsp3) is 0.391. The number of halogens is 1. The zero-order valence-corrected chi connectivity index (χ0v) is 19.2. The molecule has 1 saturated heterocycles. The zero-order valence-electron chi connectivity index (χ0n) is 18.5. The highest BCUT2D eigenvalue weighted by molar-refractivity contribution is 6.32. The number of anilines is 1. The lowest BCUT2D eigenvalue weighted by Gasteiger charge is -2.38. The molecule has 0 radical (unpaired) electrons. The smallest absolute Gasteiger partial charge is 0.164 e. The summed E-state index contributed by atoms with van der Waals surface area (Å²) in [7, 11) is 0. The van der Waals surface area contributed by atoms with Crippen molar-refractivity contribution in [1.29, 1.82) is 5.26 Å². The van der Waals surface area contributed by atoms with Gasteiger partial charge in [-0.1, -0.05) is 17.5 Å². The van der Waals surface area contributed by atoms with Crippen molar-refractivity contribution in [3.05, 3.63) is 39.8 Å². The summed E-state index contributed by atoms with van der Waals surface area (Å²) in [6.45, 7) is 9.52. The summed E-state index contributed by atoms with van der Waals surface area (Å²) in [5.74, 6) is 4.09. The van der Waals surface area contributed by atoms with Gasteiger partial charge in [-0.25, -0.2) is 14.6 Å². The van der Waals surface area contributed by atoms with Gasteiger partial charge in [-0.05, 0) is 33.8 Å². The quantitative estimate of drug-likeness (QED) is 0.592. The lowest BCUT2D eigenvalue weighted by atomic mass is 9.85. The van der Waals surface area contributed by atoms with E-state index in [1.165, 1.54) is 6.33 Å². The Labute approximate surface area is 191 Å². The predicted molar refractivity (Wildman–Crippen MR) is 123 cm³/mol. The number of aryl methyl sites for hydroxylation is 1. The van der Waals surface area contributed by atoms with Gasteiger partial charge >= 0.3 is 0 Å². The van der Waals surface area contributed by atoms with Crippen LogP contribution in [0.4, 0.5) is 5.82 Å². The molecule has 0 amide bonds. The summed E-state index contributed by atoms with van der Waals surface area (Å²) in [5, 5.41) is 15.7. The molecule has 9 heteroatoms. The fourth-order valence-corrected chi connectivity index (χ4v) is 4.53. The van der Waals surface area contributed by atoms with E-state index in [9.17, 15) is 5.26 Å². The van der Waals surface area contributed by atoms with E-state index >= 15 is 0 Å². The van der Waals surface area contributed by atoms with Crippen LogP contribution in [0.2, 0.25) is 5.02 Å². The van der Waals surface area contributed by atoms with E-state index in [0.717, 1.165) is 35.3 Å². The number of benzene rings is 1. The second kappa shape index (κ2) is 8.57. The maximum Gasteiger partial charge on any atom is 0.164 e. The van der Waals surface area contributed by atoms with Gasteiger partial charge in [-0.3, -0.25) is 0 Å². The average molecular weight is 450 g/mol. The molecule has 1 unspecified atom stereocenters. The molecule has 3 aromatic rings. The summed E-state index contributed by atoms with van der Waals surface area (Å²) in [6.07, 6.45) is 1.43. The van der Waals surface area contributed by atoms with Gasteiger partial charge in [0.25, 0.3) is 0 Å². The fourth-order valence-electron chi connectivity index (χ4n) is 4.27. The maximum atomic E-state index is 9.87. The molecule has 1 aliphatic rings. The first-order valence-corrected chi connectivity index (χ1v) is 10.8. The normalized spacial score (nSPS) is 14.4. The first-order valence-electron chi connectivity index (χ1n) is 10.4. The molecular formula is C23H24ClN7O. The summed E-state index contributed by atoms with van der Waals surface area (Å²) in [6, 6.07) is 6.88. The second-order valence-electron chi connectivity index (χ2n) is 7.74. The van der Waals surface area contributed by atoms with Crippen LogP contribution in [0.5, 0.6) is 5.75 Å². The molecular weight excluding hydrogens is 426 g/mol. The number of rotatable bonds is 5. The number of nitrogen functional groups attached to an aromatic ring is 1. The highest BCUT2D eigenvalue weighted by Gasteiger charge is 2.35. The van der Waals surface area contributed by atoms with Gasteiger partial charge in [-0.2, -0.15) is 10.4 Å². The van der Waals surface area contributed by atoms with E-state index in [-0.39, 0.29) is 12.0 Å². The maximum absolute atomic E-state index is 9.87. The Morgan fingerprint density at radius 3 is 2.78 bits per heavy atom. The van der Waals surface area contributed by atoms with Gasteiger partial charge < -0.3 is 15.4 Å². The van der Waals surface area contributed by atoms with Crippen LogP contribution in [0.25, 0.3) is 11.0 Å². The minimum absolute atomic E-state index is 0.103. The third-order valence-corrected chi connectivity index (χ3v) is 6.07. The van der Waals surface area contributed by atoms with E-state index in [2.05, 4.69) is 33.1 Å². The number of ether oxygens (including phenoxy) is 1. The largest absolute Gasteiger partial charge is 0.493 e. The Balaban J connectivity index is 1.89. The monoisotopic (exact) mass is 449 g/mol. The topological polar surface area (TPSA) is 106 Å². The van der Waals surface area contributed by atoms with Gasteiger partial charge in [0.05, 0.1) is 34.3 Å². The summed E-state index contributed by atoms with van der Waals surface area (Å²) in [4.78, 5) is 10.5. The number of aromatic nitrogens is 4. The molecule has 1 fully saturated rings. The van der Waals surface area contributed by atoms with E-state index < -0.39 is 0 Å². The van der Waals surface area contributed by atoms with Crippen LogP contribution in [0, 0.1) is 30.2 Å². The molecule has 1 aromatic carbocycles. The minimum atomic E-state index is -0.266. The molecule has 164 valence electrons. The van der Waals surface area contributed by atoms with Crippen molar-refractivity contribution < 1.29 is 4.74 Å². The third kappa shape index (κ3) is 3.47. The number of nitrogens with two attached hydrogens (primary N) is 1. The average Bonchev–Trinajstić information content (AvgIpc) is 3.08. The number of likely N-dealkylation sites (tertiary alicyclic amines) is 1. The van der Waals surface area contributed by atoms with Crippen LogP contribution in [0.3, 0.4) is 0 Å². The number of nitriles is 1. The highest BCUT2D eigenvalue weighted by atomic mass is 35.5. The SMILES string of the molecule is CC#CN1CC(c2c(C#N)c(Cl)cc(C(C)n3nc(C)c4c(N)ncnc43)c2OCC)C1. The molecule has 2 N–H and O–H groups in total. The molecule has 1 atom stereocenters. The van der Waals surface area contributed by atoms with Crippen molar-refractivity contribution in [2.24, 2.45) is 0 Å². The third-order valence-electron chi connectivity index (χ3n) is 5.77. The van der Waals surface area contributed by atoms with Gasteiger partial charge in [0.2, 0.25) is 0 Å². The molecule has 32 heavy (non-hydrogen) atoms. The van der Waals surface area contributed by atoms with E-state index in [1.807, 2.05) is 37.3 Å². The van der Waals surface area contributed by atoms with E-state index in [4.69, 9.17) is 22.1 Å². The molecule has 2 aromatic heterocycles. The van der Waals surface area contributed by atoms with Crippen LogP contribution < -0.4 is 10.5 Å². The van der Waals surface area contributed by atoms with Crippen LogP contribution in [-0.4, -0.2) is 44.3 Å². The van der Waals surface area contributed by atoms with Crippen molar-refractivity contribution in [3.63, 3.8) is 0 Å². The summed E-state index contributed by atoms with van der Waals surface area (Å²) >= 11 is 6.61. The van der Waals surface area contributed by atoms with Crippen molar-refractivity contribution in [2.75, 3.05) is 25.4 Å². The molecule has 0 saturated carbocycles. The Kier molecular flexibility index (Phi) is 5.82. The van der Waals surface area contributed by atoms with Gasteiger partial charge in [-0.15, -0.1) is 0 Å². The molecule has 4 rings (SSSR count). The molecule has 3 heterocycles. The predicted octanol–water partition coefficient (Wildman–Crippen LogP) is 3.63. The molecule has 8 nitrogen and oxygen atoms in total. The number of nitrogens with zero attached hydrogens (tertiary/aromatic N) is 6. The Hall–Kier alpha value is -3.49. The van der Waals surface area contributed by atoms with E-state index in [0.29, 0.717) is 34.4 Å². The van der Waals surface area contributed by atoms with Gasteiger partial charge in [0.1, 0.15) is 24.0 Å². The highest BCUT2D eigenvalue weighted by Crippen LogP contribution is 2.44. The Morgan fingerprint density at radius 2 is 2.12 bits per heavy atom. The van der Waals surface area contributed by atoms with Crippen molar-refractivity contribution >= 4 is 28.5 Å². The van der Waals surface area contributed by atoms with E-state index in [1.54, 1.807) is 6.07 Å². The lowest BCUT2D eigenvalue weighted by Crippen LogP contribution is -2.42. The van der Waals surface area contributed by atoms with Crippen LogP contribution in [0.1, 0.15) is 55.1 Å². The Bertz CT molecular complexity index is 1290. The Morgan fingerprint density at radius 1 is 1.38 bits per heavy atom. The molecule has 1 aliphatic heterocycles. The zero-order chi connectivity index (χ0) is 23.0. The molecule has 0 spiro atoms. The lowest BCUT2D eigenvalue weighted by molar-refractivity contribution is 0.228. The van der Waals surface area contributed by atoms with Gasteiger partial charge in [0, 0.05) is 36.2 Å².